The van der Waals surface area contributed by atoms with E-state index in [1.165, 1.54) is 12.1 Å². The van der Waals surface area contributed by atoms with Crippen LogP contribution in [0.25, 0.3) is 11.0 Å². The maximum absolute atomic E-state index is 14.2. The molecule has 9 heteroatoms. The Bertz CT molecular complexity index is 1730. The van der Waals surface area contributed by atoms with E-state index in [9.17, 15) is 4.39 Å². The van der Waals surface area contributed by atoms with Crippen LogP contribution >= 0.6 is 0 Å². The number of hydrogen-bond acceptors (Lipinski definition) is 6. The SMILES string of the molecule is CC(C)n1cncc1Cn1c(N2CCC(Oc3cccc(COc4ccc(C#N)cc4F)c3)CC2)nc2ccccc21. The second-order valence-electron chi connectivity index (χ2n) is 10.9. The molecule has 0 spiro atoms. The molecular formula is C33H33FN6O2. The molecule has 0 radical (unpaired) electrons. The second-order valence-corrected chi connectivity index (χ2v) is 10.9. The monoisotopic (exact) mass is 564 g/mol. The van der Waals surface area contributed by atoms with Gasteiger partial charge < -0.3 is 23.5 Å². The Morgan fingerprint density at radius 3 is 2.67 bits per heavy atom. The number of rotatable bonds is 9. The van der Waals surface area contributed by atoms with Gasteiger partial charge in [-0.1, -0.05) is 24.3 Å². The summed E-state index contributed by atoms with van der Waals surface area (Å²) in [5, 5.41) is 8.93. The molecule has 5 aromatic rings. The van der Waals surface area contributed by atoms with Crippen LogP contribution < -0.4 is 14.4 Å². The van der Waals surface area contributed by atoms with Crippen LogP contribution in [0.2, 0.25) is 0 Å². The number of hydrogen-bond donors (Lipinski definition) is 0. The van der Waals surface area contributed by atoms with Gasteiger partial charge in [-0.3, -0.25) is 0 Å². The number of imidazole rings is 2. The van der Waals surface area contributed by atoms with Crippen LogP contribution in [-0.4, -0.2) is 38.3 Å². The number of nitriles is 1. The molecular weight excluding hydrogens is 531 g/mol. The molecule has 0 aliphatic carbocycles. The summed E-state index contributed by atoms with van der Waals surface area (Å²) in [4.78, 5) is 11.8. The highest BCUT2D eigenvalue weighted by Crippen LogP contribution is 2.29. The third kappa shape index (κ3) is 5.79. The highest BCUT2D eigenvalue weighted by molar-refractivity contribution is 5.79. The predicted octanol–water partition coefficient (Wildman–Crippen LogP) is 6.50. The fraction of sp³-hybridized carbons (Fsp3) is 0.303. The Balaban J connectivity index is 1.11. The highest BCUT2D eigenvalue weighted by atomic mass is 19.1. The maximum atomic E-state index is 14.2. The van der Waals surface area contributed by atoms with Crippen molar-refractivity contribution in [1.82, 2.24) is 19.1 Å². The van der Waals surface area contributed by atoms with Gasteiger partial charge in [0.05, 0.1) is 41.2 Å². The number of nitrogens with zero attached hydrogens (tertiary/aromatic N) is 6. The number of aromatic nitrogens is 4. The summed E-state index contributed by atoms with van der Waals surface area (Å²) in [7, 11) is 0. The van der Waals surface area contributed by atoms with Crippen molar-refractivity contribution in [2.45, 2.75) is 52.0 Å². The lowest BCUT2D eigenvalue weighted by Gasteiger charge is -2.33. The van der Waals surface area contributed by atoms with Gasteiger partial charge in [-0.05, 0) is 61.9 Å². The zero-order chi connectivity index (χ0) is 29.1. The number of para-hydroxylation sites is 2. The number of benzene rings is 3. The Labute approximate surface area is 244 Å². The molecule has 0 bridgehead atoms. The number of anilines is 1. The van der Waals surface area contributed by atoms with Crippen LogP contribution in [-0.2, 0) is 13.2 Å². The van der Waals surface area contributed by atoms with E-state index in [2.05, 4.69) is 51.1 Å². The summed E-state index contributed by atoms with van der Waals surface area (Å²) >= 11 is 0. The summed E-state index contributed by atoms with van der Waals surface area (Å²) in [6, 6.07) is 22.5. The van der Waals surface area contributed by atoms with Gasteiger partial charge in [-0.2, -0.15) is 5.26 Å². The van der Waals surface area contributed by atoms with Crippen molar-refractivity contribution in [2.24, 2.45) is 0 Å². The van der Waals surface area contributed by atoms with E-state index in [-0.39, 0.29) is 24.0 Å². The van der Waals surface area contributed by atoms with Gasteiger partial charge in [0.15, 0.2) is 11.6 Å². The van der Waals surface area contributed by atoms with E-state index < -0.39 is 5.82 Å². The van der Waals surface area contributed by atoms with Crippen LogP contribution in [0.4, 0.5) is 10.3 Å². The molecule has 3 aromatic carbocycles. The molecule has 6 rings (SSSR count). The Hall–Kier alpha value is -4.84. The fourth-order valence-electron chi connectivity index (χ4n) is 5.46. The summed E-state index contributed by atoms with van der Waals surface area (Å²) in [6.45, 7) is 6.90. The molecule has 0 saturated carbocycles. The van der Waals surface area contributed by atoms with Gasteiger partial charge in [0, 0.05) is 38.2 Å². The summed E-state index contributed by atoms with van der Waals surface area (Å²) < 4.78 is 30.7. The lowest BCUT2D eigenvalue weighted by molar-refractivity contribution is 0.170. The molecule has 3 heterocycles. The molecule has 0 N–H and O–H groups in total. The molecule has 1 aliphatic rings. The van der Waals surface area contributed by atoms with Gasteiger partial charge in [-0.25, -0.2) is 14.4 Å². The van der Waals surface area contributed by atoms with Crippen molar-refractivity contribution in [3.05, 3.63) is 102 Å². The Morgan fingerprint density at radius 2 is 1.88 bits per heavy atom. The average Bonchev–Trinajstić information content (AvgIpc) is 3.62. The van der Waals surface area contributed by atoms with Crippen LogP contribution in [0, 0.1) is 17.1 Å². The molecule has 42 heavy (non-hydrogen) atoms. The summed E-state index contributed by atoms with van der Waals surface area (Å²) in [5.41, 5.74) is 4.39. The number of piperidine rings is 1. The normalized spacial score (nSPS) is 13.9. The van der Waals surface area contributed by atoms with Crippen molar-refractivity contribution in [1.29, 1.82) is 5.26 Å². The topological polar surface area (TPSA) is 81.1 Å². The van der Waals surface area contributed by atoms with Crippen molar-refractivity contribution >= 4 is 17.0 Å². The minimum Gasteiger partial charge on any atom is -0.490 e. The lowest BCUT2D eigenvalue weighted by atomic mass is 10.1. The Kier molecular flexibility index (Phi) is 7.78. The first-order valence-electron chi connectivity index (χ1n) is 14.3. The van der Waals surface area contributed by atoms with Crippen LogP contribution in [0.3, 0.4) is 0 Å². The highest BCUT2D eigenvalue weighted by Gasteiger charge is 2.25. The molecule has 1 aliphatic heterocycles. The number of ether oxygens (including phenoxy) is 2. The predicted molar refractivity (Wildman–Crippen MR) is 159 cm³/mol. The van der Waals surface area contributed by atoms with Gasteiger partial charge in [0.2, 0.25) is 5.95 Å². The zero-order valence-electron chi connectivity index (χ0n) is 23.8. The van der Waals surface area contributed by atoms with E-state index >= 15 is 0 Å². The molecule has 1 fully saturated rings. The summed E-state index contributed by atoms with van der Waals surface area (Å²) in [6.07, 6.45) is 5.65. The second kappa shape index (κ2) is 12.0. The van der Waals surface area contributed by atoms with E-state index in [0.29, 0.717) is 12.6 Å². The van der Waals surface area contributed by atoms with E-state index in [0.717, 1.165) is 59.9 Å². The van der Waals surface area contributed by atoms with Gasteiger partial charge in [-0.15, -0.1) is 0 Å². The molecule has 214 valence electrons. The summed E-state index contributed by atoms with van der Waals surface area (Å²) in [5.74, 6) is 1.31. The van der Waals surface area contributed by atoms with E-state index in [1.54, 1.807) is 6.07 Å². The molecule has 0 amide bonds. The van der Waals surface area contributed by atoms with Gasteiger partial charge >= 0.3 is 0 Å². The van der Waals surface area contributed by atoms with Crippen molar-refractivity contribution in [3.8, 4) is 17.6 Å². The quantitative estimate of drug-likeness (QED) is 0.203. The molecule has 0 atom stereocenters. The maximum Gasteiger partial charge on any atom is 0.206 e. The van der Waals surface area contributed by atoms with Crippen LogP contribution in [0.1, 0.15) is 49.6 Å². The van der Waals surface area contributed by atoms with Gasteiger partial charge in [0.1, 0.15) is 18.5 Å². The number of fused-ring (bicyclic) bond motifs is 1. The number of halogens is 1. The van der Waals surface area contributed by atoms with Crippen LogP contribution in [0.15, 0.2) is 79.3 Å². The standard InChI is InChI=1S/C33H33FN6O2/c1-23(2)40-22-36-19-26(40)20-39-31-9-4-3-8-30(31)37-33(39)38-14-12-27(13-15-38)42-28-7-5-6-25(16-28)21-41-32-11-10-24(18-35)17-29(32)34/h3-11,16-17,19,22-23,27H,12-15,20-21H2,1-2H3. The third-order valence-corrected chi connectivity index (χ3v) is 7.64. The van der Waals surface area contributed by atoms with E-state index in [1.807, 2.05) is 48.9 Å². The minimum atomic E-state index is -0.549. The van der Waals surface area contributed by atoms with Crippen LogP contribution in [0.5, 0.6) is 11.5 Å². The first-order valence-corrected chi connectivity index (χ1v) is 14.3. The first-order chi connectivity index (χ1) is 20.5. The van der Waals surface area contributed by atoms with Gasteiger partial charge in [0.25, 0.3) is 0 Å². The smallest absolute Gasteiger partial charge is 0.206 e. The van der Waals surface area contributed by atoms with E-state index in [4.69, 9.17) is 19.7 Å². The third-order valence-electron chi connectivity index (χ3n) is 7.64. The lowest BCUT2D eigenvalue weighted by Crippen LogP contribution is -2.39. The minimum absolute atomic E-state index is 0.0774. The Morgan fingerprint density at radius 1 is 1.05 bits per heavy atom. The zero-order valence-corrected chi connectivity index (χ0v) is 23.8. The molecule has 2 aromatic heterocycles. The molecule has 1 saturated heterocycles. The molecule has 8 nitrogen and oxygen atoms in total. The first kappa shape index (κ1) is 27.3. The average molecular weight is 565 g/mol. The fourth-order valence-corrected chi connectivity index (χ4v) is 5.46. The van der Waals surface area contributed by atoms with Crippen molar-refractivity contribution in [2.75, 3.05) is 18.0 Å². The largest absolute Gasteiger partial charge is 0.490 e. The van der Waals surface area contributed by atoms with Crippen molar-refractivity contribution < 1.29 is 13.9 Å². The van der Waals surface area contributed by atoms with Crippen molar-refractivity contribution in [3.63, 3.8) is 0 Å². The molecule has 0 unspecified atom stereocenters.